The van der Waals surface area contributed by atoms with Crippen LogP contribution in [0.1, 0.15) is 19.7 Å². The Balaban J connectivity index is 2.97. The van der Waals surface area contributed by atoms with Crippen molar-refractivity contribution in [2.24, 2.45) is 14.1 Å². The molecule has 2 aromatic rings. The lowest BCUT2D eigenvalue weighted by molar-refractivity contribution is 0.0699. The molecule has 0 radical (unpaired) electrons. The Morgan fingerprint density at radius 3 is 2.35 bits per heavy atom. The van der Waals surface area contributed by atoms with Crippen molar-refractivity contribution in [2.75, 3.05) is 0 Å². The summed E-state index contributed by atoms with van der Waals surface area (Å²) in [6.07, 6.45) is 0. The molecule has 17 heavy (non-hydrogen) atoms. The highest BCUT2D eigenvalue weighted by Crippen LogP contribution is 2.17. The van der Waals surface area contributed by atoms with Crippen LogP contribution in [0.25, 0.3) is 11.2 Å². The van der Waals surface area contributed by atoms with Crippen LogP contribution in [-0.4, -0.2) is 24.2 Å². The molecule has 2 N–H and O–H groups in total. The number of nitrogens with zero attached hydrogens (tertiary/aromatic N) is 3. The van der Waals surface area contributed by atoms with Crippen LogP contribution < -0.4 is 11.2 Å². The molecule has 0 amide bonds. The third-order valence-corrected chi connectivity index (χ3v) is 2.67. The normalized spacial score (nSPS) is 12.3. The van der Waals surface area contributed by atoms with Gasteiger partial charge >= 0.3 is 5.69 Å². The summed E-state index contributed by atoms with van der Waals surface area (Å²) >= 11 is 0. The SMILES string of the molecule is Cn1c(=O)c2[nH]c(C(C)(C)O)nc2n(C)c1=O. The van der Waals surface area contributed by atoms with Crippen LogP contribution in [-0.2, 0) is 19.7 Å². The molecule has 0 bridgehead atoms. The highest BCUT2D eigenvalue weighted by Gasteiger charge is 2.23. The number of H-pyrrole nitrogens is 1. The van der Waals surface area contributed by atoms with Crippen LogP contribution in [0.5, 0.6) is 0 Å². The van der Waals surface area contributed by atoms with E-state index in [0.717, 1.165) is 4.57 Å². The first-order valence-electron chi connectivity index (χ1n) is 5.12. The van der Waals surface area contributed by atoms with Gasteiger partial charge < -0.3 is 10.1 Å². The minimum Gasteiger partial charge on any atom is -0.383 e. The Kier molecular flexibility index (Phi) is 2.25. The van der Waals surface area contributed by atoms with Gasteiger partial charge in [-0.05, 0) is 13.8 Å². The molecular formula is C10H14N4O3. The molecular weight excluding hydrogens is 224 g/mol. The Morgan fingerprint density at radius 1 is 1.24 bits per heavy atom. The van der Waals surface area contributed by atoms with Crippen LogP contribution in [0, 0.1) is 0 Å². The molecule has 0 atom stereocenters. The van der Waals surface area contributed by atoms with Crippen molar-refractivity contribution >= 4 is 11.2 Å². The first kappa shape index (κ1) is 11.6. The summed E-state index contributed by atoms with van der Waals surface area (Å²) in [7, 11) is 2.92. The van der Waals surface area contributed by atoms with Crippen LogP contribution in [0.3, 0.4) is 0 Å². The molecule has 7 nitrogen and oxygen atoms in total. The van der Waals surface area contributed by atoms with Gasteiger partial charge in [-0.3, -0.25) is 13.9 Å². The molecule has 7 heteroatoms. The molecule has 2 aromatic heterocycles. The summed E-state index contributed by atoms with van der Waals surface area (Å²) in [5, 5.41) is 9.82. The monoisotopic (exact) mass is 238 g/mol. The fraction of sp³-hybridized carbons (Fsp3) is 0.500. The Morgan fingerprint density at radius 2 is 1.82 bits per heavy atom. The summed E-state index contributed by atoms with van der Waals surface area (Å²) in [5.41, 5.74) is -1.63. The fourth-order valence-corrected chi connectivity index (χ4v) is 1.62. The number of fused-ring (bicyclic) bond motifs is 1. The van der Waals surface area contributed by atoms with Crippen molar-refractivity contribution < 1.29 is 5.11 Å². The summed E-state index contributed by atoms with van der Waals surface area (Å²) in [6, 6.07) is 0. The summed E-state index contributed by atoms with van der Waals surface area (Å²) in [6.45, 7) is 3.10. The molecule has 0 unspecified atom stereocenters. The van der Waals surface area contributed by atoms with Crippen LogP contribution in [0.4, 0.5) is 0 Å². The molecule has 0 fully saturated rings. The van der Waals surface area contributed by atoms with Crippen molar-refractivity contribution in [2.45, 2.75) is 19.4 Å². The third kappa shape index (κ3) is 1.59. The molecule has 2 heterocycles. The number of aromatic amines is 1. The van der Waals surface area contributed by atoms with E-state index in [2.05, 4.69) is 9.97 Å². The van der Waals surface area contributed by atoms with Gasteiger partial charge in [0.25, 0.3) is 5.56 Å². The molecule has 0 aromatic carbocycles. The number of hydrogen-bond acceptors (Lipinski definition) is 4. The van der Waals surface area contributed by atoms with Crippen molar-refractivity contribution in [3.63, 3.8) is 0 Å². The second kappa shape index (κ2) is 3.30. The summed E-state index contributed by atoms with van der Waals surface area (Å²) in [5.74, 6) is 0.255. The number of hydrogen-bond donors (Lipinski definition) is 2. The van der Waals surface area contributed by atoms with E-state index in [4.69, 9.17) is 0 Å². The van der Waals surface area contributed by atoms with E-state index in [1.54, 1.807) is 13.8 Å². The van der Waals surface area contributed by atoms with Gasteiger partial charge in [-0.25, -0.2) is 9.78 Å². The maximum Gasteiger partial charge on any atom is 0.332 e. The topological polar surface area (TPSA) is 92.9 Å². The van der Waals surface area contributed by atoms with E-state index in [1.807, 2.05) is 0 Å². The number of imidazole rings is 1. The maximum absolute atomic E-state index is 11.8. The van der Waals surface area contributed by atoms with Gasteiger partial charge in [0.2, 0.25) is 0 Å². The lowest BCUT2D eigenvalue weighted by Gasteiger charge is -2.12. The largest absolute Gasteiger partial charge is 0.383 e. The number of aromatic nitrogens is 4. The average Bonchev–Trinajstić information content (AvgIpc) is 2.67. The lowest BCUT2D eigenvalue weighted by Crippen LogP contribution is -2.36. The van der Waals surface area contributed by atoms with E-state index in [0.29, 0.717) is 0 Å². The van der Waals surface area contributed by atoms with E-state index in [1.165, 1.54) is 18.7 Å². The highest BCUT2D eigenvalue weighted by molar-refractivity contribution is 5.69. The maximum atomic E-state index is 11.8. The zero-order valence-electron chi connectivity index (χ0n) is 10.1. The van der Waals surface area contributed by atoms with Crippen LogP contribution in [0.2, 0.25) is 0 Å². The second-order valence-electron chi connectivity index (χ2n) is 4.55. The van der Waals surface area contributed by atoms with E-state index in [-0.39, 0.29) is 17.0 Å². The zero-order chi connectivity index (χ0) is 13.0. The number of nitrogens with one attached hydrogen (secondary N) is 1. The zero-order valence-corrected chi connectivity index (χ0v) is 10.1. The van der Waals surface area contributed by atoms with Gasteiger partial charge in [-0.2, -0.15) is 0 Å². The predicted molar refractivity (Wildman–Crippen MR) is 61.8 cm³/mol. The molecule has 0 spiro atoms. The van der Waals surface area contributed by atoms with Gasteiger partial charge in [0.05, 0.1) is 0 Å². The summed E-state index contributed by atoms with van der Waals surface area (Å²) < 4.78 is 2.26. The van der Waals surface area contributed by atoms with Crippen LogP contribution >= 0.6 is 0 Å². The molecule has 0 saturated carbocycles. The molecule has 0 saturated heterocycles. The first-order chi connectivity index (χ1) is 7.73. The number of aryl methyl sites for hydroxylation is 1. The Hall–Kier alpha value is -1.89. The van der Waals surface area contributed by atoms with Gasteiger partial charge in [-0.1, -0.05) is 0 Å². The van der Waals surface area contributed by atoms with Crippen molar-refractivity contribution in [1.82, 2.24) is 19.1 Å². The second-order valence-corrected chi connectivity index (χ2v) is 4.55. The lowest BCUT2D eigenvalue weighted by atomic mass is 10.1. The van der Waals surface area contributed by atoms with Crippen LogP contribution in [0.15, 0.2) is 9.59 Å². The average molecular weight is 238 g/mol. The van der Waals surface area contributed by atoms with Gasteiger partial charge in [0.1, 0.15) is 16.9 Å². The number of rotatable bonds is 1. The Labute approximate surface area is 96.3 Å². The molecule has 0 aliphatic heterocycles. The molecule has 92 valence electrons. The molecule has 0 aliphatic rings. The first-order valence-corrected chi connectivity index (χ1v) is 5.12. The minimum absolute atomic E-state index is 0.215. The smallest absolute Gasteiger partial charge is 0.332 e. The third-order valence-electron chi connectivity index (χ3n) is 2.67. The molecule has 0 aliphatic carbocycles. The number of aliphatic hydroxyl groups is 1. The Bertz CT molecular complexity index is 699. The van der Waals surface area contributed by atoms with Gasteiger partial charge in [0.15, 0.2) is 5.65 Å². The van der Waals surface area contributed by atoms with Crippen molar-refractivity contribution in [3.05, 3.63) is 26.7 Å². The van der Waals surface area contributed by atoms with E-state index < -0.39 is 16.9 Å². The van der Waals surface area contributed by atoms with Crippen molar-refractivity contribution in [3.8, 4) is 0 Å². The minimum atomic E-state index is -1.19. The highest BCUT2D eigenvalue weighted by atomic mass is 16.3. The van der Waals surface area contributed by atoms with Crippen molar-refractivity contribution in [1.29, 1.82) is 0 Å². The molecule has 2 rings (SSSR count). The van der Waals surface area contributed by atoms with Gasteiger partial charge in [0, 0.05) is 14.1 Å². The fourth-order valence-electron chi connectivity index (χ4n) is 1.62. The predicted octanol–water partition coefficient (Wildman–Crippen LogP) is -0.812. The standard InChI is InChI=1S/C10H14N4O3/c1-10(2,17)8-11-5-6(12-8)13(3)9(16)14(4)7(5)15/h17H,1-4H3,(H,11,12). The summed E-state index contributed by atoms with van der Waals surface area (Å²) in [4.78, 5) is 30.4. The van der Waals surface area contributed by atoms with Gasteiger partial charge in [-0.15, -0.1) is 0 Å². The van der Waals surface area contributed by atoms with E-state index in [9.17, 15) is 14.7 Å². The van der Waals surface area contributed by atoms with E-state index >= 15 is 0 Å². The quantitative estimate of drug-likeness (QED) is 0.679.